The van der Waals surface area contributed by atoms with Crippen LogP contribution in [0.1, 0.15) is 19.8 Å². The lowest BCUT2D eigenvalue weighted by atomic mass is 10.2. The number of benzene rings is 1. The molecule has 0 saturated heterocycles. The standard InChI is InChI=1S/C12H14N2O/c1-2-3-6-15-11-4-5-12-10(7-11)8-13-9-14-12/h4-5,7-9H,2-3,6H2,1H3. The quantitative estimate of drug-likeness (QED) is 0.715. The molecule has 0 bridgehead atoms. The number of fused-ring (bicyclic) bond motifs is 1. The summed E-state index contributed by atoms with van der Waals surface area (Å²) in [6, 6.07) is 5.88. The molecule has 3 heteroatoms. The van der Waals surface area contributed by atoms with Crippen molar-refractivity contribution in [3.05, 3.63) is 30.7 Å². The van der Waals surface area contributed by atoms with E-state index in [2.05, 4.69) is 16.9 Å². The Morgan fingerprint density at radius 3 is 3.13 bits per heavy atom. The summed E-state index contributed by atoms with van der Waals surface area (Å²) in [5.74, 6) is 0.894. The summed E-state index contributed by atoms with van der Waals surface area (Å²) < 4.78 is 5.60. The Kier molecular flexibility index (Phi) is 3.12. The summed E-state index contributed by atoms with van der Waals surface area (Å²) in [5.41, 5.74) is 0.952. The largest absolute Gasteiger partial charge is 0.494 e. The van der Waals surface area contributed by atoms with Crippen LogP contribution in [0.4, 0.5) is 0 Å². The predicted octanol–water partition coefficient (Wildman–Crippen LogP) is 2.81. The lowest BCUT2D eigenvalue weighted by Gasteiger charge is -2.05. The molecule has 0 saturated carbocycles. The van der Waals surface area contributed by atoms with E-state index in [1.807, 2.05) is 18.2 Å². The van der Waals surface area contributed by atoms with Crippen molar-refractivity contribution in [1.29, 1.82) is 0 Å². The van der Waals surface area contributed by atoms with Crippen LogP contribution in [0.5, 0.6) is 5.75 Å². The van der Waals surface area contributed by atoms with Crippen LogP contribution >= 0.6 is 0 Å². The third kappa shape index (κ3) is 2.43. The first-order valence-corrected chi connectivity index (χ1v) is 5.22. The summed E-state index contributed by atoms with van der Waals surface area (Å²) >= 11 is 0. The van der Waals surface area contributed by atoms with Gasteiger partial charge < -0.3 is 4.74 Å². The predicted molar refractivity (Wildman–Crippen MR) is 59.9 cm³/mol. The molecule has 0 aliphatic heterocycles. The van der Waals surface area contributed by atoms with Crippen molar-refractivity contribution in [1.82, 2.24) is 9.97 Å². The highest BCUT2D eigenvalue weighted by molar-refractivity contribution is 5.78. The van der Waals surface area contributed by atoms with Gasteiger partial charge in [-0.25, -0.2) is 9.97 Å². The molecule has 2 aromatic rings. The highest BCUT2D eigenvalue weighted by Crippen LogP contribution is 2.18. The van der Waals surface area contributed by atoms with Crippen molar-refractivity contribution in [3.8, 4) is 5.75 Å². The van der Waals surface area contributed by atoms with E-state index in [9.17, 15) is 0 Å². The minimum Gasteiger partial charge on any atom is -0.494 e. The van der Waals surface area contributed by atoms with Gasteiger partial charge in [0, 0.05) is 11.6 Å². The molecule has 0 radical (unpaired) electrons. The Hall–Kier alpha value is -1.64. The molecule has 1 heterocycles. The second-order valence-corrected chi connectivity index (χ2v) is 3.45. The Morgan fingerprint density at radius 1 is 1.33 bits per heavy atom. The van der Waals surface area contributed by atoms with Crippen molar-refractivity contribution in [2.45, 2.75) is 19.8 Å². The number of aromatic nitrogens is 2. The van der Waals surface area contributed by atoms with Crippen LogP contribution < -0.4 is 4.74 Å². The molecule has 0 fully saturated rings. The van der Waals surface area contributed by atoms with Crippen molar-refractivity contribution in [2.75, 3.05) is 6.61 Å². The van der Waals surface area contributed by atoms with E-state index in [-0.39, 0.29) is 0 Å². The van der Waals surface area contributed by atoms with E-state index >= 15 is 0 Å². The third-order valence-corrected chi connectivity index (χ3v) is 2.24. The van der Waals surface area contributed by atoms with Gasteiger partial charge in [0.25, 0.3) is 0 Å². The number of hydrogen-bond donors (Lipinski definition) is 0. The number of unbranched alkanes of at least 4 members (excludes halogenated alkanes) is 1. The average Bonchev–Trinajstić information content (AvgIpc) is 2.29. The fourth-order valence-corrected chi connectivity index (χ4v) is 1.39. The lowest BCUT2D eigenvalue weighted by Crippen LogP contribution is -1.96. The second-order valence-electron chi connectivity index (χ2n) is 3.45. The molecule has 15 heavy (non-hydrogen) atoms. The Balaban J connectivity index is 2.16. The summed E-state index contributed by atoms with van der Waals surface area (Å²) in [6.45, 7) is 2.92. The maximum atomic E-state index is 5.60. The number of ether oxygens (including phenoxy) is 1. The van der Waals surface area contributed by atoms with Crippen LogP contribution in [0.3, 0.4) is 0 Å². The SMILES string of the molecule is CCCCOc1ccc2ncncc2c1. The molecule has 0 amide bonds. The molecule has 0 aliphatic carbocycles. The van der Waals surface area contributed by atoms with E-state index in [0.29, 0.717) is 0 Å². The maximum absolute atomic E-state index is 5.60. The number of rotatable bonds is 4. The van der Waals surface area contributed by atoms with Crippen LogP contribution in [-0.4, -0.2) is 16.6 Å². The van der Waals surface area contributed by atoms with Gasteiger partial charge in [0.15, 0.2) is 0 Å². The molecule has 0 unspecified atom stereocenters. The fraction of sp³-hybridized carbons (Fsp3) is 0.333. The molecule has 0 spiro atoms. The molecule has 1 aromatic heterocycles. The normalized spacial score (nSPS) is 10.5. The van der Waals surface area contributed by atoms with Gasteiger partial charge in [-0.2, -0.15) is 0 Å². The molecule has 0 aliphatic rings. The van der Waals surface area contributed by atoms with Gasteiger partial charge in [-0.3, -0.25) is 0 Å². The fourth-order valence-electron chi connectivity index (χ4n) is 1.39. The minimum absolute atomic E-state index is 0.774. The zero-order valence-corrected chi connectivity index (χ0v) is 8.81. The highest BCUT2D eigenvalue weighted by atomic mass is 16.5. The second kappa shape index (κ2) is 4.73. The van der Waals surface area contributed by atoms with Crippen molar-refractivity contribution in [3.63, 3.8) is 0 Å². The van der Waals surface area contributed by atoms with E-state index in [1.54, 1.807) is 12.5 Å². The van der Waals surface area contributed by atoms with E-state index in [1.165, 1.54) is 0 Å². The van der Waals surface area contributed by atoms with Crippen molar-refractivity contribution in [2.24, 2.45) is 0 Å². The van der Waals surface area contributed by atoms with Crippen LogP contribution in [0, 0.1) is 0 Å². The summed E-state index contributed by atoms with van der Waals surface area (Å²) in [7, 11) is 0. The van der Waals surface area contributed by atoms with Gasteiger partial charge >= 0.3 is 0 Å². The molecule has 78 valence electrons. The van der Waals surface area contributed by atoms with Gasteiger partial charge in [-0.1, -0.05) is 13.3 Å². The first-order chi connectivity index (χ1) is 7.40. The van der Waals surface area contributed by atoms with Gasteiger partial charge in [-0.15, -0.1) is 0 Å². The van der Waals surface area contributed by atoms with Gasteiger partial charge in [0.05, 0.1) is 12.1 Å². The first kappa shape index (κ1) is 9.90. The zero-order valence-electron chi connectivity index (χ0n) is 8.81. The topological polar surface area (TPSA) is 35.0 Å². The van der Waals surface area contributed by atoms with E-state index in [4.69, 9.17) is 4.74 Å². The number of nitrogens with zero attached hydrogens (tertiary/aromatic N) is 2. The lowest BCUT2D eigenvalue weighted by molar-refractivity contribution is 0.310. The van der Waals surface area contributed by atoms with E-state index < -0.39 is 0 Å². The molecular weight excluding hydrogens is 188 g/mol. The number of hydrogen-bond acceptors (Lipinski definition) is 3. The van der Waals surface area contributed by atoms with Gasteiger partial charge in [-0.05, 0) is 24.6 Å². The van der Waals surface area contributed by atoms with Gasteiger partial charge in [0.2, 0.25) is 0 Å². The molecule has 2 rings (SSSR count). The smallest absolute Gasteiger partial charge is 0.120 e. The van der Waals surface area contributed by atoms with Gasteiger partial charge in [0.1, 0.15) is 12.1 Å². The van der Waals surface area contributed by atoms with Crippen LogP contribution in [0.25, 0.3) is 10.9 Å². The molecule has 3 nitrogen and oxygen atoms in total. The molecular formula is C12H14N2O. The van der Waals surface area contributed by atoms with Crippen molar-refractivity contribution >= 4 is 10.9 Å². The van der Waals surface area contributed by atoms with Crippen LogP contribution in [0.15, 0.2) is 30.7 Å². The highest BCUT2D eigenvalue weighted by Gasteiger charge is 1.97. The first-order valence-electron chi connectivity index (χ1n) is 5.22. The minimum atomic E-state index is 0.774. The van der Waals surface area contributed by atoms with Crippen LogP contribution in [-0.2, 0) is 0 Å². The molecule has 0 N–H and O–H groups in total. The molecule has 0 atom stereocenters. The van der Waals surface area contributed by atoms with E-state index in [0.717, 1.165) is 36.1 Å². The average molecular weight is 202 g/mol. The summed E-state index contributed by atoms with van der Waals surface area (Å²) in [5, 5.41) is 1.02. The third-order valence-electron chi connectivity index (χ3n) is 2.24. The monoisotopic (exact) mass is 202 g/mol. The Bertz CT molecular complexity index is 442. The van der Waals surface area contributed by atoms with Crippen molar-refractivity contribution < 1.29 is 4.74 Å². The zero-order chi connectivity index (χ0) is 10.5. The summed E-state index contributed by atoms with van der Waals surface area (Å²) in [6.07, 6.45) is 5.59. The Labute approximate surface area is 89.1 Å². The van der Waals surface area contributed by atoms with Crippen LogP contribution in [0.2, 0.25) is 0 Å². The molecule has 1 aromatic carbocycles. The summed E-state index contributed by atoms with van der Waals surface area (Å²) in [4.78, 5) is 8.14. The Morgan fingerprint density at radius 2 is 2.27 bits per heavy atom. The maximum Gasteiger partial charge on any atom is 0.120 e.